The lowest BCUT2D eigenvalue weighted by Gasteiger charge is -2.15. The third-order valence-corrected chi connectivity index (χ3v) is 3.34. The number of aromatic nitrogens is 2. The average molecular weight is 207 g/mol. The first-order valence-corrected chi connectivity index (χ1v) is 5.45. The van der Waals surface area contributed by atoms with Gasteiger partial charge in [0, 0.05) is 25.4 Å². The van der Waals surface area contributed by atoms with E-state index in [0.29, 0.717) is 18.3 Å². The van der Waals surface area contributed by atoms with Gasteiger partial charge in [-0.2, -0.15) is 0 Å². The van der Waals surface area contributed by atoms with Crippen LogP contribution in [0.2, 0.25) is 0 Å². The van der Waals surface area contributed by atoms with Crippen LogP contribution in [-0.2, 0) is 7.05 Å². The maximum atomic E-state index is 12.2. The van der Waals surface area contributed by atoms with Crippen LogP contribution < -0.4 is 5.73 Å². The Hall–Kier alpha value is -1.16. The van der Waals surface area contributed by atoms with Crippen LogP contribution in [0.3, 0.4) is 0 Å². The molecule has 0 spiro atoms. The summed E-state index contributed by atoms with van der Waals surface area (Å²) in [5, 5.41) is 0. The molecular formula is C11H17N3O. The zero-order valence-electron chi connectivity index (χ0n) is 9.02. The zero-order valence-corrected chi connectivity index (χ0v) is 9.02. The summed E-state index contributed by atoms with van der Waals surface area (Å²) in [6, 6.07) is 0. The Bertz CT molecular complexity index is 358. The minimum Gasteiger partial charge on any atom is -0.332 e. The summed E-state index contributed by atoms with van der Waals surface area (Å²) < 4.78 is 1.79. The second-order valence-electron chi connectivity index (χ2n) is 4.26. The normalized spacial score (nSPS) is 25.7. The molecule has 0 amide bonds. The first-order valence-electron chi connectivity index (χ1n) is 5.45. The number of hydrogen-bond acceptors (Lipinski definition) is 3. The summed E-state index contributed by atoms with van der Waals surface area (Å²) >= 11 is 0. The summed E-state index contributed by atoms with van der Waals surface area (Å²) in [5.41, 5.74) is 5.67. The first kappa shape index (κ1) is 10.4. The molecular weight excluding hydrogens is 190 g/mol. The number of carbonyl (C=O) groups excluding carboxylic acids is 1. The fourth-order valence-corrected chi connectivity index (χ4v) is 2.43. The number of nitrogens with two attached hydrogens (primary N) is 1. The molecule has 2 rings (SSSR count). The third-order valence-electron chi connectivity index (χ3n) is 3.34. The van der Waals surface area contributed by atoms with Gasteiger partial charge in [0.05, 0.1) is 0 Å². The number of Topliss-reactive ketones (excluding diaryl/α,β-unsaturated/α-hetero) is 1. The highest BCUT2D eigenvalue weighted by Crippen LogP contribution is 2.32. The van der Waals surface area contributed by atoms with Crippen molar-refractivity contribution in [1.29, 1.82) is 0 Å². The molecule has 0 radical (unpaired) electrons. The largest absolute Gasteiger partial charge is 0.332 e. The summed E-state index contributed by atoms with van der Waals surface area (Å²) in [4.78, 5) is 16.3. The van der Waals surface area contributed by atoms with Crippen LogP contribution >= 0.6 is 0 Å². The predicted molar refractivity (Wildman–Crippen MR) is 57.4 cm³/mol. The SMILES string of the molecule is Cn1ccnc1C(=O)C1CCCC1CN. The van der Waals surface area contributed by atoms with E-state index in [4.69, 9.17) is 5.73 Å². The summed E-state index contributed by atoms with van der Waals surface area (Å²) in [6.07, 6.45) is 6.63. The molecule has 0 bridgehead atoms. The summed E-state index contributed by atoms with van der Waals surface area (Å²) in [7, 11) is 1.85. The molecule has 1 saturated carbocycles. The molecule has 0 aliphatic heterocycles. The molecule has 2 unspecified atom stereocenters. The monoisotopic (exact) mass is 207 g/mol. The van der Waals surface area contributed by atoms with Crippen molar-refractivity contribution in [3.05, 3.63) is 18.2 Å². The van der Waals surface area contributed by atoms with E-state index in [1.54, 1.807) is 17.0 Å². The van der Waals surface area contributed by atoms with Crippen LogP contribution in [0.1, 0.15) is 29.9 Å². The maximum absolute atomic E-state index is 12.2. The number of ketones is 1. The standard InChI is InChI=1S/C11H17N3O/c1-14-6-5-13-11(14)10(15)9-4-2-3-8(9)7-12/h5-6,8-9H,2-4,7,12H2,1H3. The van der Waals surface area contributed by atoms with Gasteiger partial charge in [0.2, 0.25) is 5.78 Å². The van der Waals surface area contributed by atoms with Crippen molar-refractivity contribution >= 4 is 5.78 Å². The Morgan fingerprint density at radius 3 is 3.07 bits per heavy atom. The molecule has 0 aromatic carbocycles. The van der Waals surface area contributed by atoms with Crippen molar-refractivity contribution in [1.82, 2.24) is 9.55 Å². The van der Waals surface area contributed by atoms with E-state index in [0.717, 1.165) is 19.3 Å². The van der Waals surface area contributed by atoms with Crippen LogP contribution in [0, 0.1) is 11.8 Å². The van der Waals surface area contributed by atoms with E-state index in [1.165, 1.54) is 0 Å². The highest BCUT2D eigenvalue weighted by Gasteiger charge is 2.33. The molecule has 1 fully saturated rings. The molecule has 0 saturated heterocycles. The number of hydrogen-bond donors (Lipinski definition) is 1. The minimum atomic E-state index is 0.0936. The Kier molecular flexibility index (Phi) is 2.86. The van der Waals surface area contributed by atoms with E-state index >= 15 is 0 Å². The second kappa shape index (κ2) is 4.14. The van der Waals surface area contributed by atoms with Crippen molar-refractivity contribution in [3.63, 3.8) is 0 Å². The van der Waals surface area contributed by atoms with E-state index < -0.39 is 0 Å². The van der Waals surface area contributed by atoms with Gasteiger partial charge in [0.25, 0.3) is 0 Å². The molecule has 1 aliphatic carbocycles. The lowest BCUT2D eigenvalue weighted by Crippen LogP contribution is -2.26. The molecule has 82 valence electrons. The Morgan fingerprint density at radius 1 is 1.67 bits per heavy atom. The Morgan fingerprint density at radius 2 is 2.47 bits per heavy atom. The molecule has 2 atom stereocenters. The molecule has 1 aromatic heterocycles. The fourth-order valence-electron chi connectivity index (χ4n) is 2.43. The van der Waals surface area contributed by atoms with E-state index in [2.05, 4.69) is 4.98 Å². The maximum Gasteiger partial charge on any atom is 0.201 e. The van der Waals surface area contributed by atoms with Gasteiger partial charge in [-0.15, -0.1) is 0 Å². The smallest absolute Gasteiger partial charge is 0.201 e. The molecule has 4 heteroatoms. The molecule has 2 N–H and O–H groups in total. The van der Waals surface area contributed by atoms with Crippen molar-refractivity contribution in [2.24, 2.45) is 24.6 Å². The highest BCUT2D eigenvalue weighted by molar-refractivity contribution is 5.95. The lowest BCUT2D eigenvalue weighted by molar-refractivity contribution is 0.0879. The number of aryl methyl sites for hydroxylation is 1. The third kappa shape index (κ3) is 1.81. The van der Waals surface area contributed by atoms with Crippen molar-refractivity contribution < 1.29 is 4.79 Å². The zero-order chi connectivity index (χ0) is 10.8. The van der Waals surface area contributed by atoms with Gasteiger partial charge >= 0.3 is 0 Å². The van der Waals surface area contributed by atoms with Gasteiger partial charge in [0.1, 0.15) is 0 Å². The lowest BCUT2D eigenvalue weighted by atomic mass is 9.91. The molecule has 1 aliphatic rings. The van der Waals surface area contributed by atoms with Gasteiger partial charge in [-0.05, 0) is 25.3 Å². The van der Waals surface area contributed by atoms with Gasteiger partial charge in [-0.1, -0.05) is 6.42 Å². The first-order chi connectivity index (χ1) is 7.24. The van der Waals surface area contributed by atoms with Crippen molar-refractivity contribution in [2.75, 3.05) is 6.54 Å². The average Bonchev–Trinajstić information content (AvgIpc) is 2.84. The molecule has 15 heavy (non-hydrogen) atoms. The molecule has 1 heterocycles. The summed E-state index contributed by atoms with van der Waals surface area (Å²) in [5.74, 6) is 1.18. The topological polar surface area (TPSA) is 60.9 Å². The van der Waals surface area contributed by atoms with Crippen LogP contribution in [0.15, 0.2) is 12.4 Å². The number of carbonyl (C=O) groups is 1. The predicted octanol–water partition coefficient (Wildman–Crippen LogP) is 0.978. The highest BCUT2D eigenvalue weighted by atomic mass is 16.1. The van der Waals surface area contributed by atoms with Crippen LogP contribution in [0.5, 0.6) is 0 Å². The Balaban J connectivity index is 2.18. The van der Waals surface area contributed by atoms with E-state index in [-0.39, 0.29) is 11.7 Å². The van der Waals surface area contributed by atoms with Gasteiger partial charge in [0.15, 0.2) is 5.82 Å². The van der Waals surface area contributed by atoms with Crippen LogP contribution in [0.4, 0.5) is 0 Å². The molecule has 1 aromatic rings. The Labute approximate surface area is 89.5 Å². The van der Waals surface area contributed by atoms with E-state index in [1.807, 2.05) is 7.05 Å². The number of rotatable bonds is 3. The minimum absolute atomic E-state index is 0.0936. The second-order valence-corrected chi connectivity index (χ2v) is 4.26. The summed E-state index contributed by atoms with van der Waals surface area (Å²) in [6.45, 7) is 0.612. The van der Waals surface area contributed by atoms with Crippen molar-refractivity contribution in [3.8, 4) is 0 Å². The number of imidazole rings is 1. The number of nitrogens with zero attached hydrogens (tertiary/aromatic N) is 2. The van der Waals surface area contributed by atoms with Gasteiger partial charge in [-0.25, -0.2) is 4.98 Å². The van der Waals surface area contributed by atoms with Crippen LogP contribution in [-0.4, -0.2) is 21.9 Å². The van der Waals surface area contributed by atoms with Gasteiger partial charge in [-0.3, -0.25) is 4.79 Å². The van der Waals surface area contributed by atoms with Crippen LogP contribution in [0.25, 0.3) is 0 Å². The van der Waals surface area contributed by atoms with Gasteiger partial charge < -0.3 is 10.3 Å². The quantitative estimate of drug-likeness (QED) is 0.751. The molecule has 4 nitrogen and oxygen atoms in total. The fraction of sp³-hybridized carbons (Fsp3) is 0.636. The van der Waals surface area contributed by atoms with Crippen molar-refractivity contribution in [2.45, 2.75) is 19.3 Å². The van der Waals surface area contributed by atoms with E-state index in [9.17, 15) is 4.79 Å².